The molecule has 4 nitrogen and oxygen atoms in total. The quantitative estimate of drug-likeness (QED) is 0.848. The van der Waals surface area contributed by atoms with Crippen LogP contribution < -0.4 is 4.74 Å². The van der Waals surface area contributed by atoms with E-state index in [-0.39, 0.29) is 17.8 Å². The standard InChI is InChI=1S/C15H16O4/c1-8-6-9(2)14-13(12(16)4-5-19-14)11(8)7-10(3)15(17)18/h6H,3-5,7H2,1-2H3,(H,17,18). The Hall–Kier alpha value is -2.10. The van der Waals surface area contributed by atoms with Crippen molar-refractivity contribution in [3.05, 3.63) is 40.5 Å². The summed E-state index contributed by atoms with van der Waals surface area (Å²) in [5.41, 5.74) is 3.14. The number of carbonyl (C=O) groups is 2. The van der Waals surface area contributed by atoms with Crippen LogP contribution in [0.1, 0.15) is 33.5 Å². The Kier molecular flexibility index (Phi) is 3.42. The first-order chi connectivity index (χ1) is 8.91. The van der Waals surface area contributed by atoms with Crippen molar-refractivity contribution >= 4 is 11.8 Å². The summed E-state index contributed by atoms with van der Waals surface area (Å²) < 4.78 is 5.56. The second-order valence-electron chi connectivity index (χ2n) is 4.80. The molecule has 0 atom stereocenters. The molecule has 0 bridgehead atoms. The van der Waals surface area contributed by atoms with Crippen LogP contribution in [0.3, 0.4) is 0 Å². The Morgan fingerprint density at radius 3 is 2.74 bits per heavy atom. The second kappa shape index (κ2) is 4.88. The topological polar surface area (TPSA) is 63.6 Å². The minimum atomic E-state index is -1.04. The maximum Gasteiger partial charge on any atom is 0.331 e. The Morgan fingerprint density at radius 1 is 1.42 bits per heavy atom. The highest BCUT2D eigenvalue weighted by atomic mass is 16.5. The molecule has 1 aliphatic heterocycles. The van der Waals surface area contributed by atoms with E-state index < -0.39 is 5.97 Å². The monoisotopic (exact) mass is 260 g/mol. The van der Waals surface area contributed by atoms with Crippen molar-refractivity contribution in [3.8, 4) is 5.75 Å². The average molecular weight is 260 g/mol. The Balaban J connectivity index is 2.57. The molecule has 2 rings (SSSR count). The first kappa shape index (κ1) is 13.3. The number of ketones is 1. The normalized spacial score (nSPS) is 13.7. The van der Waals surface area contributed by atoms with Crippen LogP contribution in [0, 0.1) is 13.8 Å². The van der Waals surface area contributed by atoms with Crippen molar-refractivity contribution < 1.29 is 19.4 Å². The lowest BCUT2D eigenvalue weighted by molar-refractivity contribution is -0.132. The molecule has 19 heavy (non-hydrogen) atoms. The van der Waals surface area contributed by atoms with Crippen molar-refractivity contribution in [1.82, 2.24) is 0 Å². The highest BCUT2D eigenvalue weighted by Gasteiger charge is 2.26. The van der Waals surface area contributed by atoms with Gasteiger partial charge in [0.1, 0.15) is 5.75 Å². The molecule has 1 aromatic rings. The van der Waals surface area contributed by atoms with Gasteiger partial charge in [0.05, 0.1) is 12.2 Å². The number of fused-ring (bicyclic) bond motifs is 1. The van der Waals surface area contributed by atoms with Crippen molar-refractivity contribution in [1.29, 1.82) is 0 Å². The average Bonchev–Trinajstić information content (AvgIpc) is 2.34. The summed E-state index contributed by atoms with van der Waals surface area (Å²) in [6, 6.07) is 1.92. The zero-order chi connectivity index (χ0) is 14.2. The summed E-state index contributed by atoms with van der Waals surface area (Å²) in [5.74, 6) is -0.436. The fourth-order valence-corrected chi connectivity index (χ4v) is 2.38. The van der Waals surface area contributed by atoms with Crippen LogP contribution in [-0.4, -0.2) is 23.5 Å². The number of hydrogen-bond acceptors (Lipinski definition) is 3. The number of carbonyl (C=O) groups excluding carboxylic acids is 1. The second-order valence-corrected chi connectivity index (χ2v) is 4.80. The zero-order valence-electron chi connectivity index (χ0n) is 11.1. The van der Waals surface area contributed by atoms with Gasteiger partial charge in [0.25, 0.3) is 0 Å². The maximum atomic E-state index is 12.1. The molecule has 0 aliphatic carbocycles. The molecule has 1 N–H and O–H groups in total. The molecule has 0 fully saturated rings. The fraction of sp³-hybridized carbons (Fsp3) is 0.333. The minimum Gasteiger partial charge on any atom is -0.492 e. The van der Waals surface area contributed by atoms with Gasteiger partial charge >= 0.3 is 5.97 Å². The van der Waals surface area contributed by atoms with Gasteiger partial charge < -0.3 is 9.84 Å². The van der Waals surface area contributed by atoms with E-state index in [1.165, 1.54) is 0 Å². The van der Waals surface area contributed by atoms with Crippen molar-refractivity contribution in [2.75, 3.05) is 6.61 Å². The van der Waals surface area contributed by atoms with E-state index in [9.17, 15) is 9.59 Å². The van der Waals surface area contributed by atoms with Gasteiger partial charge in [0, 0.05) is 18.4 Å². The lowest BCUT2D eigenvalue weighted by Gasteiger charge is -2.23. The molecule has 0 saturated heterocycles. The number of benzene rings is 1. The largest absolute Gasteiger partial charge is 0.492 e. The highest BCUT2D eigenvalue weighted by Crippen LogP contribution is 2.34. The predicted molar refractivity (Wildman–Crippen MR) is 70.8 cm³/mol. The molecular weight excluding hydrogens is 244 g/mol. The van der Waals surface area contributed by atoms with E-state index in [2.05, 4.69) is 6.58 Å². The molecule has 0 amide bonds. The number of aryl methyl sites for hydroxylation is 2. The van der Waals surface area contributed by atoms with E-state index in [0.717, 1.165) is 16.7 Å². The molecule has 100 valence electrons. The van der Waals surface area contributed by atoms with E-state index in [1.54, 1.807) is 0 Å². The molecule has 0 saturated carbocycles. The van der Waals surface area contributed by atoms with Crippen LogP contribution in [0.4, 0.5) is 0 Å². The minimum absolute atomic E-state index is 0.0150. The van der Waals surface area contributed by atoms with Gasteiger partial charge in [-0.3, -0.25) is 4.79 Å². The van der Waals surface area contributed by atoms with Gasteiger partial charge in [0.2, 0.25) is 0 Å². The SMILES string of the molecule is C=C(Cc1c(C)cc(C)c2c1C(=O)CCO2)C(=O)O. The molecule has 4 heteroatoms. The third-order valence-electron chi connectivity index (χ3n) is 3.34. The molecule has 0 unspecified atom stereocenters. The lowest BCUT2D eigenvalue weighted by atomic mass is 9.89. The van der Waals surface area contributed by atoms with E-state index in [0.29, 0.717) is 24.3 Å². The van der Waals surface area contributed by atoms with Crippen LogP contribution >= 0.6 is 0 Å². The Morgan fingerprint density at radius 2 is 2.11 bits per heavy atom. The van der Waals surface area contributed by atoms with Crippen molar-refractivity contribution in [3.63, 3.8) is 0 Å². The van der Waals surface area contributed by atoms with Gasteiger partial charge in [-0.2, -0.15) is 0 Å². The highest BCUT2D eigenvalue weighted by molar-refractivity contribution is 6.02. The number of hydrogen-bond donors (Lipinski definition) is 1. The van der Waals surface area contributed by atoms with Crippen LogP contribution in [0.5, 0.6) is 5.75 Å². The Bertz CT molecular complexity index is 584. The molecular formula is C15H16O4. The molecule has 1 aromatic carbocycles. The van der Waals surface area contributed by atoms with E-state index in [4.69, 9.17) is 9.84 Å². The fourth-order valence-electron chi connectivity index (χ4n) is 2.38. The number of Topliss-reactive ketones (excluding diaryl/α,β-unsaturated/α-hetero) is 1. The van der Waals surface area contributed by atoms with Crippen LogP contribution in [0.2, 0.25) is 0 Å². The van der Waals surface area contributed by atoms with Gasteiger partial charge in [-0.1, -0.05) is 12.6 Å². The Labute approximate surface area is 111 Å². The lowest BCUT2D eigenvalue weighted by Crippen LogP contribution is -2.20. The van der Waals surface area contributed by atoms with Crippen LogP contribution in [0.15, 0.2) is 18.2 Å². The maximum absolute atomic E-state index is 12.1. The molecule has 0 radical (unpaired) electrons. The molecule has 0 aromatic heterocycles. The van der Waals surface area contributed by atoms with Crippen molar-refractivity contribution in [2.45, 2.75) is 26.7 Å². The van der Waals surface area contributed by atoms with E-state index >= 15 is 0 Å². The third kappa shape index (κ3) is 2.38. The molecule has 0 spiro atoms. The summed E-state index contributed by atoms with van der Waals surface area (Å²) in [5, 5.41) is 8.94. The van der Waals surface area contributed by atoms with Gasteiger partial charge in [-0.15, -0.1) is 0 Å². The summed E-state index contributed by atoms with van der Waals surface area (Å²) in [6.07, 6.45) is 0.501. The van der Waals surface area contributed by atoms with Crippen LogP contribution in [-0.2, 0) is 11.2 Å². The number of carboxylic acids is 1. The summed E-state index contributed by atoms with van der Waals surface area (Å²) in [6.45, 7) is 7.68. The van der Waals surface area contributed by atoms with Gasteiger partial charge in [0.15, 0.2) is 5.78 Å². The third-order valence-corrected chi connectivity index (χ3v) is 3.34. The predicted octanol–water partition coefficient (Wildman–Crippen LogP) is 2.45. The van der Waals surface area contributed by atoms with Gasteiger partial charge in [-0.05, 0) is 30.5 Å². The van der Waals surface area contributed by atoms with Crippen LogP contribution in [0.25, 0.3) is 0 Å². The summed E-state index contributed by atoms with van der Waals surface area (Å²) >= 11 is 0. The summed E-state index contributed by atoms with van der Waals surface area (Å²) in [7, 11) is 0. The number of carboxylic acid groups (broad SMARTS) is 1. The number of aliphatic carboxylic acids is 1. The first-order valence-electron chi connectivity index (χ1n) is 6.12. The number of ether oxygens (including phenoxy) is 1. The first-order valence-corrected chi connectivity index (χ1v) is 6.12. The van der Waals surface area contributed by atoms with E-state index in [1.807, 2.05) is 19.9 Å². The van der Waals surface area contributed by atoms with Crippen molar-refractivity contribution in [2.24, 2.45) is 0 Å². The zero-order valence-corrected chi connectivity index (χ0v) is 11.1. The number of rotatable bonds is 3. The molecule has 1 heterocycles. The van der Waals surface area contributed by atoms with Gasteiger partial charge in [-0.25, -0.2) is 4.79 Å². The molecule has 1 aliphatic rings. The smallest absolute Gasteiger partial charge is 0.331 e. The summed E-state index contributed by atoms with van der Waals surface area (Å²) in [4.78, 5) is 23.0.